The Labute approximate surface area is 176 Å². The standard InChI is InChI=1S/C19H35N5O.HI/c1-20-19(22-13-15-24(4)14-6-16-25-5)21-12-11-17-7-9-18(10-8-17)23(2)3;/h7-10H,6,11-16H2,1-5H3,(H2,20,21,22);1H. The minimum atomic E-state index is 0. The van der Waals surface area contributed by atoms with Gasteiger partial charge in [-0.05, 0) is 37.6 Å². The zero-order valence-corrected chi connectivity index (χ0v) is 19.2. The van der Waals surface area contributed by atoms with Crippen molar-refractivity contribution in [3.63, 3.8) is 0 Å². The van der Waals surface area contributed by atoms with Crippen LogP contribution in [0, 0.1) is 0 Å². The van der Waals surface area contributed by atoms with E-state index in [4.69, 9.17) is 4.74 Å². The topological polar surface area (TPSA) is 52.1 Å². The minimum Gasteiger partial charge on any atom is -0.385 e. The van der Waals surface area contributed by atoms with E-state index in [1.54, 1.807) is 7.11 Å². The maximum absolute atomic E-state index is 5.08. The van der Waals surface area contributed by atoms with Crippen LogP contribution in [0.4, 0.5) is 5.69 Å². The fourth-order valence-corrected chi connectivity index (χ4v) is 2.46. The summed E-state index contributed by atoms with van der Waals surface area (Å²) in [6, 6.07) is 8.67. The van der Waals surface area contributed by atoms with Gasteiger partial charge in [-0.1, -0.05) is 12.1 Å². The summed E-state index contributed by atoms with van der Waals surface area (Å²) in [6.45, 7) is 4.59. The molecule has 0 saturated carbocycles. The number of guanidine groups is 1. The van der Waals surface area contributed by atoms with Gasteiger partial charge in [0, 0.05) is 66.7 Å². The summed E-state index contributed by atoms with van der Waals surface area (Å²) >= 11 is 0. The molecule has 0 aromatic heterocycles. The Balaban J connectivity index is 0.00000625. The molecule has 0 atom stereocenters. The van der Waals surface area contributed by atoms with Crippen molar-refractivity contribution in [3.05, 3.63) is 29.8 Å². The number of likely N-dealkylation sites (N-methyl/N-ethyl adjacent to an activating group) is 1. The van der Waals surface area contributed by atoms with Crippen molar-refractivity contribution in [2.75, 3.05) is 73.0 Å². The van der Waals surface area contributed by atoms with Crippen LogP contribution in [-0.2, 0) is 11.2 Å². The second-order valence-electron chi connectivity index (χ2n) is 6.39. The largest absolute Gasteiger partial charge is 0.385 e. The lowest BCUT2D eigenvalue weighted by molar-refractivity contribution is 0.180. The van der Waals surface area contributed by atoms with Crippen LogP contribution in [0.1, 0.15) is 12.0 Å². The molecule has 150 valence electrons. The molecular weight excluding hydrogens is 441 g/mol. The van der Waals surface area contributed by atoms with Gasteiger partial charge >= 0.3 is 0 Å². The number of hydrogen-bond donors (Lipinski definition) is 2. The highest BCUT2D eigenvalue weighted by Gasteiger charge is 2.01. The Hall–Kier alpha value is -1.06. The smallest absolute Gasteiger partial charge is 0.191 e. The second kappa shape index (κ2) is 15.0. The summed E-state index contributed by atoms with van der Waals surface area (Å²) in [7, 11) is 9.80. The molecule has 26 heavy (non-hydrogen) atoms. The number of nitrogens with one attached hydrogen (secondary N) is 2. The molecule has 1 aromatic rings. The fourth-order valence-electron chi connectivity index (χ4n) is 2.46. The molecule has 0 fully saturated rings. The first-order valence-corrected chi connectivity index (χ1v) is 8.95. The van der Waals surface area contributed by atoms with Crippen LogP contribution in [0.2, 0.25) is 0 Å². The van der Waals surface area contributed by atoms with E-state index in [1.165, 1.54) is 11.3 Å². The second-order valence-corrected chi connectivity index (χ2v) is 6.39. The molecule has 7 heteroatoms. The first kappa shape index (κ1) is 24.9. The third kappa shape index (κ3) is 10.8. The Morgan fingerprint density at radius 3 is 2.27 bits per heavy atom. The predicted octanol–water partition coefficient (Wildman–Crippen LogP) is 2.05. The van der Waals surface area contributed by atoms with Crippen LogP contribution in [-0.4, -0.2) is 78.9 Å². The van der Waals surface area contributed by atoms with E-state index >= 15 is 0 Å². The maximum Gasteiger partial charge on any atom is 0.191 e. The van der Waals surface area contributed by atoms with Gasteiger partial charge in [-0.25, -0.2) is 0 Å². The van der Waals surface area contributed by atoms with Gasteiger partial charge in [0.05, 0.1) is 0 Å². The summed E-state index contributed by atoms with van der Waals surface area (Å²) in [4.78, 5) is 8.69. The van der Waals surface area contributed by atoms with Crippen molar-refractivity contribution in [2.24, 2.45) is 4.99 Å². The highest BCUT2D eigenvalue weighted by Crippen LogP contribution is 2.12. The Morgan fingerprint density at radius 1 is 1.04 bits per heavy atom. The maximum atomic E-state index is 5.08. The molecule has 0 aliphatic carbocycles. The Kier molecular flexibility index (Phi) is 14.4. The lowest BCUT2D eigenvalue weighted by Crippen LogP contribution is -2.41. The molecule has 0 unspecified atom stereocenters. The number of aliphatic imine (C=N–C) groups is 1. The van der Waals surface area contributed by atoms with Gasteiger partial charge in [-0.2, -0.15) is 0 Å². The molecule has 0 aliphatic heterocycles. The zero-order valence-electron chi connectivity index (χ0n) is 16.9. The van der Waals surface area contributed by atoms with Crippen LogP contribution in [0.3, 0.4) is 0 Å². The van der Waals surface area contributed by atoms with Gasteiger partial charge in [0.25, 0.3) is 0 Å². The molecule has 0 radical (unpaired) electrons. The van der Waals surface area contributed by atoms with Crippen LogP contribution in [0.25, 0.3) is 0 Å². The van der Waals surface area contributed by atoms with Crippen LogP contribution < -0.4 is 15.5 Å². The summed E-state index contributed by atoms with van der Waals surface area (Å²) in [5.74, 6) is 0.857. The molecule has 0 spiro atoms. The van der Waals surface area contributed by atoms with Gasteiger partial charge in [0.1, 0.15) is 0 Å². The number of hydrogen-bond acceptors (Lipinski definition) is 4. The van der Waals surface area contributed by atoms with Gasteiger partial charge in [-0.15, -0.1) is 24.0 Å². The molecule has 1 rings (SSSR count). The number of nitrogens with zero attached hydrogens (tertiary/aromatic N) is 3. The van der Waals surface area contributed by atoms with E-state index in [2.05, 4.69) is 70.8 Å². The predicted molar refractivity (Wildman–Crippen MR) is 123 cm³/mol. The molecule has 0 saturated heterocycles. The normalized spacial score (nSPS) is 11.2. The number of rotatable bonds is 11. The average molecular weight is 477 g/mol. The van der Waals surface area contributed by atoms with Gasteiger partial charge in [-0.3, -0.25) is 4.99 Å². The van der Waals surface area contributed by atoms with Gasteiger partial charge in [0.15, 0.2) is 5.96 Å². The van der Waals surface area contributed by atoms with Crippen molar-refractivity contribution in [2.45, 2.75) is 12.8 Å². The van der Waals surface area contributed by atoms with E-state index in [1.807, 2.05) is 7.05 Å². The van der Waals surface area contributed by atoms with Crippen molar-refractivity contribution in [1.29, 1.82) is 0 Å². The van der Waals surface area contributed by atoms with Crippen molar-refractivity contribution < 1.29 is 4.74 Å². The molecule has 0 heterocycles. The average Bonchev–Trinajstić information content (AvgIpc) is 2.61. The number of halogens is 1. The number of benzene rings is 1. The van der Waals surface area contributed by atoms with E-state index in [0.29, 0.717) is 0 Å². The summed E-state index contributed by atoms with van der Waals surface area (Å²) in [6.07, 6.45) is 2.04. The summed E-state index contributed by atoms with van der Waals surface area (Å²) in [5.41, 5.74) is 2.55. The fraction of sp³-hybridized carbons (Fsp3) is 0.632. The summed E-state index contributed by atoms with van der Waals surface area (Å²) in [5, 5.41) is 6.73. The van der Waals surface area contributed by atoms with Crippen LogP contribution in [0.5, 0.6) is 0 Å². The highest BCUT2D eigenvalue weighted by atomic mass is 127. The minimum absolute atomic E-state index is 0. The molecule has 0 bridgehead atoms. The van der Waals surface area contributed by atoms with Crippen molar-refractivity contribution >= 4 is 35.6 Å². The molecular formula is C19H36IN5O. The Bertz CT molecular complexity index is 493. The van der Waals surface area contributed by atoms with Gasteiger partial charge < -0.3 is 25.2 Å². The first-order chi connectivity index (χ1) is 12.1. The first-order valence-electron chi connectivity index (χ1n) is 8.95. The Morgan fingerprint density at radius 2 is 1.69 bits per heavy atom. The van der Waals surface area contributed by atoms with E-state index in [-0.39, 0.29) is 24.0 Å². The molecule has 0 aliphatic rings. The molecule has 6 nitrogen and oxygen atoms in total. The van der Waals surface area contributed by atoms with Gasteiger partial charge in [0.2, 0.25) is 0 Å². The third-order valence-corrected chi connectivity index (χ3v) is 4.06. The van der Waals surface area contributed by atoms with Crippen LogP contribution in [0.15, 0.2) is 29.3 Å². The monoisotopic (exact) mass is 477 g/mol. The van der Waals surface area contributed by atoms with Crippen molar-refractivity contribution in [3.8, 4) is 0 Å². The van der Waals surface area contributed by atoms with Crippen LogP contribution >= 0.6 is 24.0 Å². The van der Waals surface area contributed by atoms with E-state index in [9.17, 15) is 0 Å². The van der Waals surface area contributed by atoms with Crippen molar-refractivity contribution in [1.82, 2.24) is 15.5 Å². The zero-order chi connectivity index (χ0) is 18.5. The third-order valence-electron chi connectivity index (χ3n) is 4.06. The number of methoxy groups -OCH3 is 1. The number of ether oxygens (including phenoxy) is 1. The number of anilines is 1. The van der Waals surface area contributed by atoms with E-state index in [0.717, 1.165) is 51.6 Å². The lowest BCUT2D eigenvalue weighted by atomic mass is 10.1. The lowest BCUT2D eigenvalue weighted by Gasteiger charge is -2.18. The molecule has 2 N–H and O–H groups in total. The molecule has 0 amide bonds. The summed E-state index contributed by atoms with van der Waals surface area (Å²) < 4.78 is 5.08. The highest BCUT2D eigenvalue weighted by molar-refractivity contribution is 14.0. The molecule has 1 aromatic carbocycles. The van der Waals surface area contributed by atoms with E-state index < -0.39 is 0 Å². The quantitative estimate of drug-likeness (QED) is 0.221. The SMILES string of the molecule is CN=C(NCCc1ccc(N(C)C)cc1)NCCN(C)CCCOC.I.